The zero-order valence-electron chi connectivity index (χ0n) is 11.2. The lowest BCUT2D eigenvalue weighted by atomic mass is 10.1. The van der Waals surface area contributed by atoms with E-state index in [9.17, 15) is 4.79 Å². The molecule has 0 saturated carbocycles. The van der Waals surface area contributed by atoms with Crippen LogP contribution in [0.15, 0.2) is 30.3 Å². The zero-order chi connectivity index (χ0) is 13.1. The van der Waals surface area contributed by atoms with Crippen LogP contribution in [-0.4, -0.2) is 25.7 Å². The van der Waals surface area contributed by atoms with Gasteiger partial charge in [0, 0.05) is 13.0 Å². The number of ether oxygens (including phenoxy) is 1. The number of unbranched alkanes of at least 4 members (excludes halogenated alkanes) is 1. The molecule has 0 aromatic heterocycles. The van der Waals surface area contributed by atoms with Crippen molar-refractivity contribution in [3.63, 3.8) is 0 Å². The predicted molar refractivity (Wildman–Crippen MR) is 73.5 cm³/mol. The van der Waals surface area contributed by atoms with Crippen molar-refractivity contribution in [3.8, 4) is 0 Å². The third-order valence-corrected chi connectivity index (χ3v) is 2.71. The van der Waals surface area contributed by atoms with Gasteiger partial charge in [0.15, 0.2) is 0 Å². The van der Waals surface area contributed by atoms with Gasteiger partial charge in [-0.1, -0.05) is 43.7 Å². The number of hydrogen-bond donors (Lipinski definition) is 1. The van der Waals surface area contributed by atoms with E-state index in [2.05, 4.69) is 12.2 Å². The van der Waals surface area contributed by atoms with Crippen LogP contribution < -0.4 is 5.32 Å². The van der Waals surface area contributed by atoms with Crippen LogP contribution in [0.2, 0.25) is 0 Å². The fourth-order valence-electron chi connectivity index (χ4n) is 1.63. The molecule has 100 valence electrons. The van der Waals surface area contributed by atoms with Gasteiger partial charge in [-0.25, -0.2) is 0 Å². The van der Waals surface area contributed by atoms with E-state index >= 15 is 0 Å². The minimum absolute atomic E-state index is 0.115. The van der Waals surface area contributed by atoms with Gasteiger partial charge in [-0.3, -0.25) is 4.79 Å². The summed E-state index contributed by atoms with van der Waals surface area (Å²) < 4.78 is 5.14. The van der Waals surface area contributed by atoms with Crippen molar-refractivity contribution in [3.05, 3.63) is 35.9 Å². The average molecular weight is 249 g/mol. The number of esters is 1. The number of benzene rings is 1. The van der Waals surface area contributed by atoms with E-state index in [-0.39, 0.29) is 5.97 Å². The van der Waals surface area contributed by atoms with Gasteiger partial charge in [0.2, 0.25) is 0 Å². The molecule has 0 bridgehead atoms. The molecule has 3 nitrogen and oxygen atoms in total. The van der Waals surface area contributed by atoms with Crippen LogP contribution in [0.5, 0.6) is 0 Å². The molecular formula is C15H23NO2. The second-order valence-electron chi connectivity index (χ2n) is 4.31. The summed E-state index contributed by atoms with van der Waals surface area (Å²) in [5, 5.41) is 3.24. The number of rotatable bonds is 9. The maximum absolute atomic E-state index is 11.5. The normalized spacial score (nSPS) is 10.3. The summed E-state index contributed by atoms with van der Waals surface area (Å²) in [4.78, 5) is 11.5. The highest BCUT2D eigenvalue weighted by Crippen LogP contribution is 2.02. The van der Waals surface area contributed by atoms with Gasteiger partial charge in [0.25, 0.3) is 0 Å². The Hall–Kier alpha value is -1.35. The number of hydrogen-bond acceptors (Lipinski definition) is 3. The van der Waals surface area contributed by atoms with E-state index in [1.807, 2.05) is 30.3 Å². The lowest BCUT2D eigenvalue weighted by Gasteiger charge is -2.06. The lowest BCUT2D eigenvalue weighted by Crippen LogP contribution is -2.22. The highest BCUT2D eigenvalue weighted by molar-refractivity contribution is 5.69. The summed E-state index contributed by atoms with van der Waals surface area (Å²) in [5.41, 5.74) is 1.18. The van der Waals surface area contributed by atoms with Gasteiger partial charge in [-0.05, 0) is 24.9 Å². The van der Waals surface area contributed by atoms with Crippen LogP contribution >= 0.6 is 0 Å². The molecule has 0 saturated heterocycles. The number of aryl methyl sites for hydroxylation is 1. The van der Waals surface area contributed by atoms with Gasteiger partial charge in [0.1, 0.15) is 6.61 Å². The van der Waals surface area contributed by atoms with Crippen LogP contribution in [0.1, 0.15) is 31.7 Å². The van der Waals surface area contributed by atoms with E-state index < -0.39 is 0 Å². The fourth-order valence-corrected chi connectivity index (χ4v) is 1.63. The Balaban J connectivity index is 2.01. The third kappa shape index (κ3) is 7.07. The summed E-state index contributed by atoms with van der Waals surface area (Å²) in [6.45, 7) is 4.37. The molecule has 1 rings (SSSR count). The van der Waals surface area contributed by atoms with Gasteiger partial charge in [-0.2, -0.15) is 0 Å². The number of nitrogens with one attached hydrogen (secondary N) is 1. The van der Waals surface area contributed by atoms with Crippen molar-refractivity contribution in [2.45, 2.75) is 32.6 Å². The van der Waals surface area contributed by atoms with Gasteiger partial charge in [-0.15, -0.1) is 0 Å². The molecular weight excluding hydrogens is 226 g/mol. The quantitative estimate of drug-likeness (QED) is 0.540. The second kappa shape index (κ2) is 9.66. The minimum atomic E-state index is -0.115. The smallest absolute Gasteiger partial charge is 0.306 e. The molecule has 1 aromatic rings. The average Bonchev–Trinajstić information content (AvgIpc) is 2.41. The first-order chi connectivity index (χ1) is 8.83. The highest BCUT2D eigenvalue weighted by atomic mass is 16.5. The Kier molecular flexibility index (Phi) is 7.89. The van der Waals surface area contributed by atoms with E-state index in [1.54, 1.807) is 0 Å². The van der Waals surface area contributed by atoms with Gasteiger partial charge < -0.3 is 10.1 Å². The molecule has 0 fully saturated rings. The molecule has 0 aliphatic carbocycles. The van der Waals surface area contributed by atoms with Crippen LogP contribution in [0.3, 0.4) is 0 Å². The minimum Gasteiger partial charge on any atom is -0.464 e. The molecule has 1 N–H and O–H groups in total. The summed E-state index contributed by atoms with van der Waals surface area (Å²) >= 11 is 0. The van der Waals surface area contributed by atoms with Crippen LogP contribution in [0, 0.1) is 0 Å². The van der Waals surface area contributed by atoms with Crippen molar-refractivity contribution in [2.75, 3.05) is 19.7 Å². The topological polar surface area (TPSA) is 38.3 Å². The SMILES string of the molecule is CCCCNCCOC(=O)CCc1ccccc1. The standard InChI is InChI=1S/C15H23NO2/c1-2-3-11-16-12-13-18-15(17)10-9-14-7-5-4-6-8-14/h4-8,16H,2-3,9-13H2,1H3. The van der Waals surface area contributed by atoms with Crippen molar-refractivity contribution in [2.24, 2.45) is 0 Å². The first-order valence-electron chi connectivity index (χ1n) is 6.73. The van der Waals surface area contributed by atoms with Crippen LogP contribution in [-0.2, 0) is 16.0 Å². The summed E-state index contributed by atoms with van der Waals surface area (Å²) in [5.74, 6) is -0.115. The van der Waals surface area contributed by atoms with Crippen molar-refractivity contribution in [1.29, 1.82) is 0 Å². The maximum atomic E-state index is 11.5. The molecule has 0 amide bonds. The predicted octanol–water partition coefficient (Wildman–Crippen LogP) is 2.55. The first-order valence-corrected chi connectivity index (χ1v) is 6.73. The zero-order valence-corrected chi connectivity index (χ0v) is 11.2. The van der Waals surface area contributed by atoms with E-state index in [1.165, 1.54) is 18.4 Å². The molecule has 0 unspecified atom stereocenters. The van der Waals surface area contributed by atoms with Crippen LogP contribution in [0.4, 0.5) is 0 Å². The van der Waals surface area contributed by atoms with Crippen molar-refractivity contribution in [1.82, 2.24) is 5.32 Å². The fraction of sp³-hybridized carbons (Fsp3) is 0.533. The summed E-state index contributed by atoms with van der Waals surface area (Å²) in [6, 6.07) is 10.00. The van der Waals surface area contributed by atoms with Crippen molar-refractivity contribution >= 4 is 5.97 Å². The largest absolute Gasteiger partial charge is 0.464 e. The molecule has 0 spiro atoms. The Morgan fingerprint density at radius 1 is 1.22 bits per heavy atom. The van der Waals surface area contributed by atoms with Gasteiger partial charge in [0.05, 0.1) is 0 Å². The monoisotopic (exact) mass is 249 g/mol. The molecule has 1 aromatic carbocycles. The number of carbonyl (C=O) groups is 1. The molecule has 0 aliphatic heterocycles. The lowest BCUT2D eigenvalue weighted by molar-refractivity contribution is -0.143. The molecule has 0 heterocycles. The van der Waals surface area contributed by atoms with E-state index in [4.69, 9.17) is 4.74 Å². The summed E-state index contributed by atoms with van der Waals surface area (Å²) in [6.07, 6.45) is 3.56. The first kappa shape index (κ1) is 14.7. The molecule has 0 atom stereocenters. The molecule has 3 heteroatoms. The number of carbonyl (C=O) groups excluding carboxylic acids is 1. The van der Waals surface area contributed by atoms with Crippen molar-refractivity contribution < 1.29 is 9.53 Å². The molecule has 0 radical (unpaired) electrons. The maximum Gasteiger partial charge on any atom is 0.306 e. The Morgan fingerprint density at radius 3 is 2.72 bits per heavy atom. The molecule has 18 heavy (non-hydrogen) atoms. The van der Waals surface area contributed by atoms with E-state index in [0.29, 0.717) is 13.0 Å². The highest BCUT2D eigenvalue weighted by Gasteiger charge is 2.02. The molecule has 0 aliphatic rings. The van der Waals surface area contributed by atoms with Gasteiger partial charge >= 0.3 is 5.97 Å². The Bertz CT molecular complexity index is 325. The van der Waals surface area contributed by atoms with Crippen LogP contribution in [0.25, 0.3) is 0 Å². The Labute approximate surface area is 110 Å². The van der Waals surface area contributed by atoms with E-state index in [0.717, 1.165) is 19.5 Å². The second-order valence-corrected chi connectivity index (χ2v) is 4.31. The third-order valence-electron chi connectivity index (χ3n) is 2.71. The Morgan fingerprint density at radius 2 is 2.00 bits per heavy atom. The summed E-state index contributed by atoms with van der Waals surface area (Å²) in [7, 11) is 0.